The van der Waals surface area contributed by atoms with Gasteiger partial charge < -0.3 is 9.84 Å². The van der Waals surface area contributed by atoms with E-state index >= 15 is 0 Å². The minimum absolute atomic E-state index is 0.196. The van der Waals surface area contributed by atoms with E-state index in [1.165, 1.54) is 6.20 Å². The molecule has 1 aromatic carbocycles. The van der Waals surface area contributed by atoms with Crippen molar-refractivity contribution in [1.82, 2.24) is 9.78 Å². The third-order valence-corrected chi connectivity index (χ3v) is 2.84. The second-order valence-corrected chi connectivity index (χ2v) is 4.02. The Kier molecular flexibility index (Phi) is 3.06. The molecule has 5 heteroatoms. The molecule has 0 aliphatic heterocycles. The van der Waals surface area contributed by atoms with Crippen LogP contribution >= 0.6 is 0 Å². The predicted molar refractivity (Wildman–Crippen MR) is 66.9 cm³/mol. The molecule has 0 amide bonds. The van der Waals surface area contributed by atoms with Crippen molar-refractivity contribution < 1.29 is 14.6 Å². The quantitative estimate of drug-likeness (QED) is 0.900. The topological polar surface area (TPSA) is 64.3 Å². The third-order valence-electron chi connectivity index (χ3n) is 2.84. The van der Waals surface area contributed by atoms with Gasteiger partial charge in [0.25, 0.3) is 0 Å². The van der Waals surface area contributed by atoms with E-state index in [0.717, 1.165) is 16.9 Å². The first-order valence-corrected chi connectivity index (χ1v) is 5.45. The zero-order chi connectivity index (χ0) is 13.3. The Hall–Kier alpha value is -2.30. The Bertz CT molecular complexity index is 602. The normalized spacial score (nSPS) is 10.4. The second-order valence-electron chi connectivity index (χ2n) is 4.02. The van der Waals surface area contributed by atoms with Crippen LogP contribution in [0.2, 0.25) is 0 Å². The van der Waals surface area contributed by atoms with Gasteiger partial charge in [-0.3, -0.25) is 4.68 Å². The minimum atomic E-state index is -0.980. The maximum atomic E-state index is 11.1. The van der Waals surface area contributed by atoms with Crippen LogP contribution in [0, 0.1) is 6.92 Å². The van der Waals surface area contributed by atoms with Gasteiger partial charge in [-0.25, -0.2) is 4.79 Å². The van der Waals surface area contributed by atoms with Crippen molar-refractivity contribution in [2.24, 2.45) is 7.05 Å². The average molecular weight is 246 g/mol. The van der Waals surface area contributed by atoms with Gasteiger partial charge in [0.2, 0.25) is 0 Å². The number of aromatic nitrogens is 2. The Morgan fingerprint density at radius 2 is 2.17 bits per heavy atom. The van der Waals surface area contributed by atoms with E-state index in [1.54, 1.807) is 18.8 Å². The molecule has 1 heterocycles. The van der Waals surface area contributed by atoms with Gasteiger partial charge in [0.1, 0.15) is 11.3 Å². The maximum Gasteiger partial charge on any atom is 0.339 e. The lowest BCUT2D eigenvalue weighted by Crippen LogP contribution is -2.01. The standard InChI is InChI=1S/C13H14N2O3/c1-8-6-9(4-5-11(8)18-3)12-10(13(16)17)7-14-15(12)2/h4-7H,1-3H3,(H,16,17). The zero-order valence-corrected chi connectivity index (χ0v) is 10.5. The monoisotopic (exact) mass is 246 g/mol. The summed E-state index contributed by atoms with van der Waals surface area (Å²) in [6.45, 7) is 1.92. The first-order valence-electron chi connectivity index (χ1n) is 5.45. The molecule has 0 bridgehead atoms. The number of aryl methyl sites for hydroxylation is 2. The predicted octanol–water partition coefficient (Wildman–Crippen LogP) is 2.10. The number of methoxy groups -OCH3 is 1. The lowest BCUT2D eigenvalue weighted by atomic mass is 10.0. The van der Waals surface area contributed by atoms with E-state index in [2.05, 4.69) is 5.10 Å². The number of carbonyl (C=O) groups is 1. The molecule has 0 atom stereocenters. The summed E-state index contributed by atoms with van der Waals surface area (Å²) < 4.78 is 6.75. The number of ether oxygens (including phenoxy) is 1. The van der Waals surface area contributed by atoms with Gasteiger partial charge in [-0.15, -0.1) is 0 Å². The fraction of sp³-hybridized carbons (Fsp3) is 0.231. The molecule has 0 aliphatic rings. The van der Waals surface area contributed by atoms with Crippen LogP contribution in [0.3, 0.4) is 0 Å². The Morgan fingerprint density at radius 1 is 1.44 bits per heavy atom. The van der Waals surface area contributed by atoms with Crippen LogP contribution in [0.25, 0.3) is 11.3 Å². The molecule has 18 heavy (non-hydrogen) atoms. The molecule has 0 saturated heterocycles. The van der Waals surface area contributed by atoms with Gasteiger partial charge in [0.15, 0.2) is 0 Å². The SMILES string of the molecule is COc1ccc(-c2c(C(=O)O)cnn2C)cc1C. The molecule has 0 radical (unpaired) electrons. The number of carboxylic acids is 1. The summed E-state index contributed by atoms with van der Waals surface area (Å²) in [4.78, 5) is 11.1. The third kappa shape index (κ3) is 1.95. The Labute approximate surface area is 105 Å². The summed E-state index contributed by atoms with van der Waals surface area (Å²) in [5, 5.41) is 13.1. The van der Waals surface area contributed by atoms with Crippen molar-refractivity contribution in [2.75, 3.05) is 7.11 Å². The van der Waals surface area contributed by atoms with E-state index in [1.807, 2.05) is 25.1 Å². The highest BCUT2D eigenvalue weighted by Gasteiger charge is 2.17. The van der Waals surface area contributed by atoms with Gasteiger partial charge in [-0.05, 0) is 30.7 Å². The van der Waals surface area contributed by atoms with E-state index in [9.17, 15) is 4.79 Å². The first-order chi connectivity index (χ1) is 8.54. The number of hydrogen-bond acceptors (Lipinski definition) is 3. The van der Waals surface area contributed by atoms with Gasteiger partial charge in [0.05, 0.1) is 19.0 Å². The van der Waals surface area contributed by atoms with Gasteiger partial charge in [-0.1, -0.05) is 0 Å². The summed E-state index contributed by atoms with van der Waals surface area (Å²) >= 11 is 0. The molecule has 1 aromatic heterocycles. The van der Waals surface area contributed by atoms with Crippen LogP contribution in [0.1, 0.15) is 15.9 Å². The number of rotatable bonds is 3. The summed E-state index contributed by atoms with van der Waals surface area (Å²) in [6, 6.07) is 5.54. The van der Waals surface area contributed by atoms with Crippen molar-refractivity contribution in [3.8, 4) is 17.0 Å². The Balaban J connectivity index is 2.58. The van der Waals surface area contributed by atoms with Crippen LogP contribution < -0.4 is 4.74 Å². The molecule has 0 spiro atoms. The van der Waals surface area contributed by atoms with Gasteiger partial charge >= 0.3 is 5.97 Å². The number of aromatic carboxylic acids is 1. The second kappa shape index (κ2) is 4.52. The van der Waals surface area contributed by atoms with E-state index in [-0.39, 0.29) is 5.56 Å². The van der Waals surface area contributed by atoms with Crippen LogP contribution in [0.5, 0.6) is 5.75 Å². The summed E-state index contributed by atoms with van der Waals surface area (Å²) in [5.74, 6) is -0.204. The maximum absolute atomic E-state index is 11.1. The molecule has 0 aliphatic carbocycles. The number of nitrogens with zero attached hydrogens (tertiary/aromatic N) is 2. The molecule has 0 unspecified atom stereocenters. The number of benzene rings is 1. The summed E-state index contributed by atoms with van der Waals surface area (Å²) in [6.07, 6.45) is 1.36. The van der Waals surface area contributed by atoms with Crippen LogP contribution in [-0.4, -0.2) is 28.0 Å². The molecule has 1 N–H and O–H groups in total. The Morgan fingerprint density at radius 3 is 2.72 bits per heavy atom. The van der Waals surface area contributed by atoms with Crippen LogP contribution in [0.4, 0.5) is 0 Å². The highest BCUT2D eigenvalue weighted by atomic mass is 16.5. The molecular weight excluding hydrogens is 232 g/mol. The molecule has 2 aromatic rings. The summed E-state index contributed by atoms with van der Waals surface area (Å²) in [5.41, 5.74) is 2.55. The highest BCUT2D eigenvalue weighted by Crippen LogP contribution is 2.28. The highest BCUT2D eigenvalue weighted by molar-refractivity contribution is 5.94. The fourth-order valence-electron chi connectivity index (χ4n) is 1.96. The molecule has 0 saturated carbocycles. The van der Waals surface area contributed by atoms with Crippen molar-refractivity contribution in [2.45, 2.75) is 6.92 Å². The number of hydrogen-bond donors (Lipinski definition) is 1. The van der Waals surface area contributed by atoms with Crippen molar-refractivity contribution in [3.05, 3.63) is 35.5 Å². The van der Waals surface area contributed by atoms with Gasteiger partial charge in [-0.2, -0.15) is 5.10 Å². The van der Waals surface area contributed by atoms with Crippen LogP contribution in [-0.2, 0) is 7.05 Å². The summed E-state index contributed by atoms with van der Waals surface area (Å²) in [7, 11) is 3.33. The fourth-order valence-corrected chi connectivity index (χ4v) is 1.96. The van der Waals surface area contributed by atoms with E-state index in [0.29, 0.717) is 5.69 Å². The smallest absolute Gasteiger partial charge is 0.339 e. The lowest BCUT2D eigenvalue weighted by molar-refractivity contribution is 0.0697. The average Bonchev–Trinajstić information content (AvgIpc) is 2.71. The molecule has 0 fully saturated rings. The van der Waals surface area contributed by atoms with Crippen LogP contribution in [0.15, 0.2) is 24.4 Å². The molecule has 5 nitrogen and oxygen atoms in total. The largest absolute Gasteiger partial charge is 0.496 e. The molecule has 2 rings (SSSR count). The van der Waals surface area contributed by atoms with Gasteiger partial charge in [0, 0.05) is 12.6 Å². The zero-order valence-electron chi connectivity index (χ0n) is 10.5. The van der Waals surface area contributed by atoms with Crippen molar-refractivity contribution >= 4 is 5.97 Å². The number of carboxylic acid groups (broad SMARTS) is 1. The molecule has 94 valence electrons. The van der Waals surface area contributed by atoms with Crippen molar-refractivity contribution in [1.29, 1.82) is 0 Å². The first kappa shape index (κ1) is 12.2. The lowest BCUT2D eigenvalue weighted by Gasteiger charge is -2.08. The minimum Gasteiger partial charge on any atom is -0.496 e. The van der Waals surface area contributed by atoms with Crippen molar-refractivity contribution in [3.63, 3.8) is 0 Å². The van der Waals surface area contributed by atoms with E-state index in [4.69, 9.17) is 9.84 Å². The van der Waals surface area contributed by atoms with E-state index < -0.39 is 5.97 Å². The molecular formula is C13H14N2O3.